The summed E-state index contributed by atoms with van der Waals surface area (Å²) in [7, 11) is 1.57. The van der Waals surface area contributed by atoms with E-state index in [2.05, 4.69) is 17.2 Å². The number of ether oxygens (including phenoxy) is 1. The van der Waals surface area contributed by atoms with Gasteiger partial charge in [0.2, 0.25) is 0 Å². The summed E-state index contributed by atoms with van der Waals surface area (Å²) in [6, 6.07) is 5.54. The molecule has 1 aromatic carbocycles. The van der Waals surface area contributed by atoms with Crippen LogP contribution in [0.1, 0.15) is 41.6 Å². The number of hydrogen-bond acceptors (Lipinski definition) is 3. The van der Waals surface area contributed by atoms with E-state index in [-0.39, 0.29) is 12.5 Å². The fraction of sp³-hybridized carbons (Fsp3) is 0.438. The lowest BCUT2D eigenvalue weighted by molar-refractivity contribution is 0.0917. The summed E-state index contributed by atoms with van der Waals surface area (Å²) in [5.41, 5.74) is 1.26. The van der Waals surface area contributed by atoms with Crippen molar-refractivity contribution in [1.82, 2.24) is 5.32 Å². The molecule has 0 heterocycles. The molecule has 1 aliphatic carbocycles. The highest BCUT2D eigenvalue weighted by molar-refractivity contribution is 5.95. The van der Waals surface area contributed by atoms with Crippen LogP contribution in [0.2, 0.25) is 0 Å². The van der Waals surface area contributed by atoms with E-state index < -0.39 is 0 Å². The minimum absolute atomic E-state index is 0.0250. The Morgan fingerprint density at radius 1 is 1.50 bits per heavy atom. The summed E-state index contributed by atoms with van der Waals surface area (Å²) in [5, 5.41) is 11.7. The third-order valence-corrected chi connectivity index (χ3v) is 3.36. The maximum Gasteiger partial charge on any atom is 0.251 e. The predicted octanol–water partition coefficient (Wildman–Crippen LogP) is 1.71. The van der Waals surface area contributed by atoms with Gasteiger partial charge < -0.3 is 15.2 Å². The van der Waals surface area contributed by atoms with Gasteiger partial charge in [-0.05, 0) is 37.5 Å². The van der Waals surface area contributed by atoms with Gasteiger partial charge in [-0.25, -0.2) is 0 Å². The molecular formula is C16H19NO3. The van der Waals surface area contributed by atoms with Crippen LogP contribution in [-0.4, -0.2) is 30.8 Å². The molecule has 0 unspecified atom stereocenters. The van der Waals surface area contributed by atoms with Crippen LogP contribution in [0.4, 0.5) is 0 Å². The average molecular weight is 273 g/mol. The van der Waals surface area contributed by atoms with Crippen molar-refractivity contribution in [2.45, 2.75) is 31.7 Å². The quantitative estimate of drug-likeness (QED) is 0.821. The minimum Gasteiger partial charge on any atom is -0.495 e. The first kappa shape index (κ1) is 14.4. The molecule has 1 saturated carbocycles. The number of nitrogens with one attached hydrogen (secondary N) is 1. The number of hydrogen-bond donors (Lipinski definition) is 2. The van der Waals surface area contributed by atoms with E-state index in [0.717, 1.165) is 12.8 Å². The molecule has 4 heteroatoms. The van der Waals surface area contributed by atoms with Crippen LogP contribution in [-0.2, 0) is 0 Å². The molecule has 1 aromatic rings. The second-order valence-corrected chi connectivity index (χ2v) is 4.79. The highest BCUT2D eigenvalue weighted by atomic mass is 16.5. The number of methoxy groups -OCH3 is 1. The van der Waals surface area contributed by atoms with E-state index in [1.54, 1.807) is 25.3 Å². The topological polar surface area (TPSA) is 58.6 Å². The summed E-state index contributed by atoms with van der Waals surface area (Å²) in [4.78, 5) is 12.1. The maximum absolute atomic E-state index is 12.1. The lowest BCUT2D eigenvalue weighted by atomic mass is 9.93. The van der Waals surface area contributed by atoms with Gasteiger partial charge in [0, 0.05) is 18.0 Å². The van der Waals surface area contributed by atoms with Crippen molar-refractivity contribution in [3.05, 3.63) is 29.3 Å². The zero-order valence-corrected chi connectivity index (χ0v) is 11.6. The Balaban J connectivity index is 2.15. The Morgan fingerprint density at radius 3 is 2.90 bits per heavy atom. The molecule has 0 saturated heterocycles. The van der Waals surface area contributed by atoms with Crippen molar-refractivity contribution in [2.24, 2.45) is 0 Å². The number of amides is 1. The number of aliphatic hydroxyl groups is 1. The lowest BCUT2D eigenvalue weighted by Crippen LogP contribution is -2.39. The Labute approximate surface area is 119 Å². The van der Waals surface area contributed by atoms with E-state index in [1.165, 1.54) is 6.42 Å². The smallest absolute Gasteiger partial charge is 0.251 e. The fourth-order valence-corrected chi connectivity index (χ4v) is 1.98. The average Bonchev–Trinajstić information content (AvgIpc) is 2.42. The zero-order valence-electron chi connectivity index (χ0n) is 11.6. The fourth-order valence-electron chi connectivity index (χ4n) is 1.98. The molecule has 0 radical (unpaired) electrons. The van der Waals surface area contributed by atoms with Crippen LogP contribution in [0.5, 0.6) is 5.75 Å². The van der Waals surface area contributed by atoms with Crippen molar-refractivity contribution in [1.29, 1.82) is 0 Å². The number of carbonyl (C=O) groups excluding carboxylic acids is 1. The van der Waals surface area contributed by atoms with Gasteiger partial charge in [0.05, 0.1) is 19.3 Å². The summed E-state index contributed by atoms with van der Waals surface area (Å²) in [6.45, 7) is 0.0250. The molecule has 0 spiro atoms. The van der Waals surface area contributed by atoms with Gasteiger partial charge in [-0.15, -0.1) is 0 Å². The molecule has 1 amide bonds. The molecule has 1 aliphatic rings. The van der Waals surface area contributed by atoms with Gasteiger partial charge in [0.1, 0.15) is 5.75 Å². The normalized spacial score (nSPS) is 13.9. The molecule has 0 atom stereocenters. The summed E-state index contributed by atoms with van der Waals surface area (Å²) in [5.74, 6) is 6.34. The van der Waals surface area contributed by atoms with E-state index >= 15 is 0 Å². The number of rotatable bonds is 4. The van der Waals surface area contributed by atoms with Crippen molar-refractivity contribution >= 4 is 5.91 Å². The number of carbonyl (C=O) groups is 1. The first-order valence-electron chi connectivity index (χ1n) is 6.83. The van der Waals surface area contributed by atoms with Crippen LogP contribution in [0, 0.1) is 11.8 Å². The molecule has 2 N–H and O–H groups in total. The van der Waals surface area contributed by atoms with Gasteiger partial charge in [0.15, 0.2) is 0 Å². The predicted molar refractivity (Wildman–Crippen MR) is 76.7 cm³/mol. The lowest BCUT2D eigenvalue weighted by Gasteiger charge is -2.26. The molecule has 0 aliphatic heterocycles. The number of aliphatic hydroxyl groups excluding tert-OH is 1. The van der Waals surface area contributed by atoms with Gasteiger partial charge in [-0.2, -0.15) is 0 Å². The van der Waals surface area contributed by atoms with Crippen molar-refractivity contribution in [3.63, 3.8) is 0 Å². The molecule has 0 bridgehead atoms. The standard InChI is InChI=1S/C16H19NO3/c1-20-15-9-8-13(11-12(15)5-2-3-10-18)16(19)17-14-6-4-7-14/h8-9,11,14,18H,3-4,6-7,10H2,1H3,(H,17,19). The molecule has 20 heavy (non-hydrogen) atoms. The summed E-state index contributed by atoms with van der Waals surface area (Å²) in [6.07, 6.45) is 3.71. The van der Waals surface area contributed by atoms with E-state index in [1.807, 2.05) is 0 Å². The Kier molecular flexibility index (Phi) is 5.03. The van der Waals surface area contributed by atoms with Crippen molar-refractivity contribution in [2.75, 3.05) is 13.7 Å². The first-order valence-corrected chi connectivity index (χ1v) is 6.83. The molecule has 0 aromatic heterocycles. The first-order chi connectivity index (χ1) is 9.74. The maximum atomic E-state index is 12.1. The van der Waals surface area contributed by atoms with Gasteiger partial charge in [0.25, 0.3) is 5.91 Å². The Hall–Kier alpha value is -1.99. The highest BCUT2D eigenvalue weighted by Gasteiger charge is 2.20. The van der Waals surface area contributed by atoms with E-state index in [4.69, 9.17) is 9.84 Å². The monoisotopic (exact) mass is 273 g/mol. The third kappa shape index (κ3) is 3.52. The SMILES string of the molecule is COc1ccc(C(=O)NC2CCC2)cc1C#CCCO. The second-order valence-electron chi connectivity index (χ2n) is 4.79. The van der Waals surface area contributed by atoms with Crippen LogP contribution >= 0.6 is 0 Å². The highest BCUT2D eigenvalue weighted by Crippen LogP contribution is 2.21. The van der Waals surface area contributed by atoms with Crippen molar-refractivity contribution in [3.8, 4) is 17.6 Å². The van der Waals surface area contributed by atoms with Gasteiger partial charge in [-0.1, -0.05) is 11.8 Å². The van der Waals surface area contributed by atoms with Crippen LogP contribution in [0.15, 0.2) is 18.2 Å². The van der Waals surface area contributed by atoms with Crippen LogP contribution in [0.25, 0.3) is 0 Å². The zero-order chi connectivity index (χ0) is 14.4. The molecule has 4 nitrogen and oxygen atoms in total. The van der Waals surface area contributed by atoms with Crippen molar-refractivity contribution < 1.29 is 14.6 Å². The molecule has 1 fully saturated rings. The molecule has 2 rings (SSSR count). The third-order valence-electron chi connectivity index (χ3n) is 3.36. The summed E-state index contributed by atoms with van der Waals surface area (Å²) >= 11 is 0. The number of benzene rings is 1. The van der Waals surface area contributed by atoms with Crippen LogP contribution < -0.4 is 10.1 Å². The largest absolute Gasteiger partial charge is 0.495 e. The molecular weight excluding hydrogens is 254 g/mol. The van der Waals surface area contributed by atoms with E-state index in [0.29, 0.717) is 29.3 Å². The van der Waals surface area contributed by atoms with Gasteiger partial charge in [-0.3, -0.25) is 4.79 Å². The Morgan fingerprint density at radius 2 is 2.30 bits per heavy atom. The molecule has 106 valence electrons. The van der Waals surface area contributed by atoms with Crippen LogP contribution in [0.3, 0.4) is 0 Å². The van der Waals surface area contributed by atoms with Gasteiger partial charge >= 0.3 is 0 Å². The Bertz CT molecular complexity index is 538. The van der Waals surface area contributed by atoms with E-state index in [9.17, 15) is 4.79 Å². The summed E-state index contributed by atoms with van der Waals surface area (Å²) < 4.78 is 5.23. The second kappa shape index (κ2) is 6.97. The minimum atomic E-state index is -0.0671.